The molecule has 4 aromatic carbocycles. The van der Waals surface area contributed by atoms with Gasteiger partial charge in [-0.1, -0.05) is 30.3 Å². The standard InChI is InChI=1S/C27H19F5N2O5/c1-38-18-8-6-15(7-9-18)21(33-13-14-5-10-19(28)20(29)11-14)16-3-2-4-17(12-16)34-22-23(35)24(36)25(22)39-26(37)27(30,31)32/h2-12,21,33-34H,13H2,1H3. The molecule has 0 aliphatic carbocycles. The minimum Gasteiger partial charge on any atom is -0.497 e. The van der Waals surface area contributed by atoms with Crippen molar-refractivity contribution in [1.82, 2.24) is 5.32 Å². The van der Waals surface area contributed by atoms with Gasteiger partial charge in [-0.2, -0.15) is 13.2 Å². The average molecular weight is 546 g/mol. The van der Waals surface area contributed by atoms with Crippen LogP contribution >= 0.6 is 0 Å². The van der Waals surface area contributed by atoms with E-state index >= 15 is 0 Å². The maximum Gasteiger partial charge on any atom is 0.491 e. The predicted molar refractivity (Wildman–Crippen MR) is 131 cm³/mol. The molecular weight excluding hydrogens is 527 g/mol. The van der Waals surface area contributed by atoms with Crippen molar-refractivity contribution in [2.45, 2.75) is 18.8 Å². The number of anilines is 2. The fraction of sp³-hybridized carbons (Fsp3) is 0.148. The van der Waals surface area contributed by atoms with Crippen LogP contribution in [0.4, 0.5) is 33.3 Å². The lowest BCUT2D eigenvalue weighted by Crippen LogP contribution is -2.39. The van der Waals surface area contributed by atoms with Gasteiger partial charge in [0.25, 0.3) is 10.9 Å². The van der Waals surface area contributed by atoms with Crippen LogP contribution in [0, 0.1) is 11.6 Å². The van der Waals surface area contributed by atoms with Gasteiger partial charge in [0.2, 0.25) is 5.75 Å². The number of methoxy groups -OCH3 is 1. The lowest BCUT2D eigenvalue weighted by molar-refractivity contribution is -0.189. The Hall–Kier alpha value is -4.58. The van der Waals surface area contributed by atoms with Gasteiger partial charge in [0, 0.05) is 12.2 Å². The van der Waals surface area contributed by atoms with Crippen LogP contribution in [0.3, 0.4) is 0 Å². The highest BCUT2D eigenvalue weighted by Gasteiger charge is 2.43. The summed E-state index contributed by atoms with van der Waals surface area (Å²) >= 11 is 0. The zero-order valence-corrected chi connectivity index (χ0v) is 20.1. The average Bonchev–Trinajstić information content (AvgIpc) is 2.92. The summed E-state index contributed by atoms with van der Waals surface area (Å²) in [4.78, 5) is 34.9. The first-order valence-corrected chi connectivity index (χ1v) is 11.3. The van der Waals surface area contributed by atoms with Crippen molar-refractivity contribution in [1.29, 1.82) is 0 Å². The van der Waals surface area contributed by atoms with Crippen LogP contribution in [-0.2, 0) is 11.3 Å². The Morgan fingerprint density at radius 3 is 2.26 bits per heavy atom. The maximum absolute atomic E-state index is 13.7. The number of halogens is 5. The number of carbonyl (C=O) groups excluding carboxylic acids is 1. The highest BCUT2D eigenvalue weighted by molar-refractivity contribution is 5.82. The smallest absolute Gasteiger partial charge is 0.491 e. The molecule has 4 rings (SSSR count). The Labute approximate surface area is 217 Å². The summed E-state index contributed by atoms with van der Waals surface area (Å²) in [6, 6.07) is 16.3. The van der Waals surface area contributed by atoms with E-state index in [-0.39, 0.29) is 12.2 Å². The van der Waals surface area contributed by atoms with E-state index in [9.17, 15) is 36.3 Å². The highest BCUT2D eigenvalue weighted by atomic mass is 19.4. The Morgan fingerprint density at radius 2 is 1.62 bits per heavy atom. The number of hydrogen-bond acceptors (Lipinski definition) is 7. The molecule has 0 aliphatic heterocycles. The van der Waals surface area contributed by atoms with Crippen molar-refractivity contribution in [2.75, 3.05) is 12.4 Å². The van der Waals surface area contributed by atoms with Gasteiger partial charge in [-0.15, -0.1) is 0 Å². The van der Waals surface area contributed by atoms with E-state index in [2.05, 4.69) is 15.4 Å². The molecule has 202 valence electrons. The van der Waals surface area contributed by atoms with E-state index in [1.54, 1.807) is 42.5 Å². The van der Waals surface area contributed by atoms with Gasteiger partial charge in [-0.3, -0.25) is 9.59 Å². The Bertz CT molecular complexity index is 1580. The number of rotatable bonds is 9. The third-order valence-electron chi connectivity index (χ3n) is 5.73. The van der Waals surface area contributed by atoms with E-state index in [1.807, 2.05) is 0 Å². The minimum atomic E-state index is -5.36. The van der Waals surface area contributed by atoms with Crippen molar-refractivity contribution < 1.29 is 36.2 Å². The molecule has 0 saturated carbocycles. The first kappa shape index (κ1) is 27.5. The zero-order chi connectivity index (χ0) is 28.3. The van der Waals surface area contributed by atoms with E-state index in [4.69, 9.17) is 4.74 Å². The SMILES string of the molecule is COc1ccc(C(NCc2ccc(F)c(F)c2)c2cccc(Nc3c(OC(=O)C(F)(F)F)c(=O)c3=O)c2)cc1. The van der Waals surface area contributed by atoms with E-state index < -0.39 is 52.1 Å². The third kappa shape index (κ3) is 6.12. The topological polar surface area (TPSA) is 93.7 Å². The van der Waals surface area contributed by atoms with E-state index in [0.717, 1.165) is 17.7 Å². The maximum atomic E-state index is 13.7. The van der Waals surface area contributed by atoms with E-state index in [1.165, 1.54) is 19.2 Å². The predicted octanol–water partition coefficient (Wildman–Crippen LogP) is 4.66. The Kier molecular flexibility index (Phi) is 7.77. The molecular formula is C27H19F5N2O5. The van der Waals surface area contributed by atoms with Crippen molar-refractivity contribution >= 4 is 17.3 Å². The quantitative estimate of drug-likeness (QED) is 0.179. The molecule has 0 radical (unpaired) electrons. The fourth-order valence-corrected chi connectivity index (χ4v) is 3.77. The molecule has 0 fully saturated rings. The van der Waals surface area contributed by atoms with Crippen LogP contribution < -0.4 is 31.0 Å². The molecule has 4 aromatic rings. The van der Waals surface area contributed by atoms with Crippen LogP contribution in [0.5, 0.6) is 11.5 Å². The summed E-state index contributed by atoms with van der Waals surface area (Å²) in [6.45, 7) is 0.126. The number of carbonyl (C=O) groups is 1. The molecule has 0 spiro atoms. The molecule has 12 heteroatoms. The largest absolute Gasteiger partial charge is 0.497 e. The van der Waals surface area contributed by atoms with E-state index in [0.29, 0.717) is 16.9 Å². The van der Waals surface area contributed by atoms with Gasteiger partial charge >= 0.3 is 12.1 Å². The summed E-state index contributed by atoms with van der Waals surface area (Å²) in [5, 5.41) is 5.79. The van der Waals surface area contributed by atoms with Crippen LogP contribution in [0.15, 0.2) is 76.3 Å². The highest BCUT2D eigenvalue weighted by Crippen LogP contribution is 2.30. The summed E-state index contributed by atoms with van der Waals surface area (Å²) in [6.07, 6.45) is -5.36. The molecule has 1 atom stereocenters. The van der Waals surface area contributed by atoms with Crippen molar-refractivity contribution in [3.05, 3.63) is 116 Å². The number of nitrogens with one attached hydrogen (secondary N) is 2. The molecule has 0 heterocycles. The molecule has 0 bridgehead atoms. The van der Waals surface area contributed by atoms with Crippen molar-refractivity contribution in [2.24, 2.45) is 0 Å². The molecule has 7 nitrogen and oxygen atoms in total. The number of hydrogen-bond donors (Lipinski definition) is 2. The third-order valence-corrected chi connectivity index (χ3v) is 5.73. The lowest BCUT2D eigenvalue weighted by Gasteiger charge is -2.22. The molecule has 0 amide bonds. The van der Waals surface area contributed by atoms with Gasteiger partial charge in [0.05, 0.1) is 13.2 Å². The molecule has 1 unspecified atom stereocenters. The van der Waals surface area contributed by atoms with Crippen molar-refractivity contribution in [3.8, 4) is 11.5 Å². The zero-order valence-electron chi connectivity index (χ0n) is 20.1. The van der Waals surface area contributed by atoms with Crippen LogP contribution in [0.2, 0.25) is 0 Å². The molecule has 0 aliphatic rings. The van der Waals surface area contributed by atoms with Gasteiger partial charge < -0.3 is 20.1 Å². The van der Waals surface area contributed by atoms with Crippen LogP contribution in [0.1, 0.15) is 22.7 Å². The summed E-state index contributed by atoms with van der Waals surface area (Å²) in [5.74, 6) is -5.06. The van der Waals surface area contributed by atoms with Crippen LogP contribution in [-0.4, -0.2) is 19.3 Å². The first-order chi connectivity index (χ1) is 18.5. The monoisotopic (exact) mass is 546 g/mol. The van der Waals surface area contributed by atoms with Gasteiger partial charge in [-0.05, 0) is 53.1 Å². The molecule has 2 N–H and O–H groups in total. The van der Waals surface area contributed by atoms with Gasteiger partial charge in [0.15, 0.2) is 11.6 Å². The second-order valence-electron chi connectivity index (χ2n) is 8.34. The fourth-order valence-electron chi connectivity index (χ4n) is 3.77. The number of benzene rings is 3. The second kappa shape index (κ2) is 11.0. The second-order valence-corrected chi connectivity index (χ2v) is 8.34. The Balaban J connectivity index is 1.62. The summed E-state index contributed by atoms with van der Waals surface area (Å²) in [7, 11) is 1.50. The minimum absolute atomic E-state index is 0.126. The normalized spacial score (nSPS) is 12.3. The Morgan fingerprint density at radius 1 is 0.897 bits per heavy atom. The van der Waals surface area contributed by atoms with Crippen molar-refractivity contribution in [3.63, 3.8) is 0 Å². The number of alkyl halides is 3. The molecule has 0 saturated heterocycles. The lowest BCUT2D eigenvalue weighted by atomic mass is 9.97. The van der Waals surface area contributed by atoms with Gasteiger partial charge in [-0.25, -0.2) is 13.6 Å². The number of ether oxygens (including phenoxy) is 2. The summed E-state index contributed by atoms with van der Waals surface area (Å²) < 4.78 is 74.0. The molecule has 39 heavy (non-hydrogen) atoms. The summed E-state index contributed by atoms with van der Waals surface area (Å²) in [5.41, 5.74) is -1.10. The molecule has 0 aromatic heterocycles. The van der Waals surface area contributed by atoms with Crippen LogP contribution in [0.25, 0.3) is 0 Å². The number of esters is 1. The first-order valence-electron chi connectivity index (χ1n) is 11.3. The van der Waals surface area contributed by atoms with Gasteiger partial charge in [0.1, 0.15) is 11.4 Å².